The molecule has 0 saturated carbocycles. The molecule has 0 spiro atoms. The van der Waals surface area contributed by atoms with Gasteiger partial charge in [0.15, 0.2) is 0 Å². The predicted molar refractivity (Wildman–Crippen MR) is 75.5 cm³/mol. The fraction of sp³-hybridized carbons (Fsp3) is 0.308. The average Bonchev–Trinajstić information content (AvgIpc) is 2.87. The molecular weight excluding hydrogens is 262 g/mol. The minimum Gasteiger partial charge on any atom is -0.389 e. The summed E-state index contributed by atoms with van der Waals surface area (Å²) >= 11 is 4.85. The van der Waals surface area contributed by atoms with Gasteiger partial charge in [0, 0.05) is 24.2 Å². The first-order valence-corrected chi connectivity index (χ1v) is 6.38. The van der Waals surface area contributed by atoms with Crippen molar-refractivity contribution in [1.29, 1.82) is 0 Å². The number of carbonyl (C=O) groups excluding carboxylic acids is 2. The van der Waals surface area contributed by atoms with Crippen LogP contribution in [-0.4, -0.2) is 34.8 Å². The molecule has 19 heavy (non-hydrogen) atoms. The third kappa shape index (κ3) is 2.90. The van der Waals surface area contributed by atoms with Crippen LogP contribution in [0.4, 0.5) is 0 Å². The number of amides is 2. The van der Waals surface area contributed by atoms with E-state index in [2.05, 4.69) is 0 Å². The fourth-order valence-corrected chi connectivity index (χ4v) is 2.27. The molecule has 6 heteroatoms. The van der Waals surface area contributed by atoms with E-state index in [1.807, 2.05) is 0 Å². The second-order valence-corrected chi connectivity index (χ2v) is 5.02. The summed E-state index contributed by atoms with van der Waals surface area (Å²) in [5.41, 5.74) is 12.0. The van der Waals surface area contributed by atoms with Gasteiger partial charge in [0.05, 0.1) is 5.92 Å². The molecule has 1 aliphatic rings. The number of carbonyl (C=O) groups is 2. The van der Waals surface area contributed by atoms with Gasteiger partial charge in [-0.15, -0.1) is 0 Å². The Morgan fingerprint density at radius 3 is 2.21 bits per heavy atom. The summed E-state index contributed by atoms with van der Waals surface area (Å²) < 4.78 is 0. The number of likely N-dealkylation sites (tertiary alicyclic amines) is 1. The molecule has 1 aromatic carbocycles. The van der Waals surface area contributed by atoms with E-state index in [1.165, 1.54) is 0 Å². The van der Waals surface area contributed by atoms with Crippen LogP contribution in [0.1, 0.15) is 22.3 Å². The number of thiocarbonyl (C=S) groups is 1. The Bertz CT molecular complexity index is 527. The van der Waals surface area contributed by atoms with Crippen molar-refractivity contribution in [2.24, 2.45) is 17.4 Å². The maximum absolute atomic E-state index is 12.2. The zero-order valence-corrected chi connectivity index (χ0v) is 11.2. The van der Waals surface area contributed by atoms with Gasteiger partial charge in [-0.05, 0) is 18.6 Å². The van der Waals surface area contributed by atoms with Crippen molar-refractivity contribution < 1.29 is 9.59 Å². The molecule has 1 atom stereocenters. The Kier molecular flexibility index (Phi) is 3.80. The van der Waals surface area contributed by atoms with Crippen molar-refractivity contribution in [2.45, 2.75) is 6.42 Å². The molecule has 0 aliphatic carbocycles. The number of primary amides is 1. The van der Waals surface area contributed by atoms with Gasteiger partial charge < -0.3 is 16.4 Å². The number of hydrogen-bond donors (Lipinski definition) is 2. The van der Waals surface area contributed by atoms with Crippen LogP contribution in [0.2, 0.25) is 0 Å². The number of rotatable bonds is 3. The van der Waals surface area contributed by atoms with E-state index in [-0.39, 0.29) is 17.7 Å². The third-order valence-electron chi connectivity index (χ3n) is 3.29. The first-order valence-electron chi connectivity index (χ1n) is 5.97. The van der Waals surface area contributed by atoms with E-state index in [0.29, 0.717) is 30.1 Å². The van der Waals surface area contributed by atoms with E-state index in [4.69, 9.17) is 23.7 Å². The van der Waals surface area contributed by atoms with Gasteiger partial charge in [0.25, 0.3) is 5.91 Å². The largest absolute Gasteiger partial charge is 0.389 e. The Balaban J connectivity index is 2.08. The van der Waals surface area contributed by atoms with Crippen LogP contribution in [-0.2, 0) is 4.79 Å². The average molecular weight is 277 g/mol. The zero-order valence-electron chi connectivity index (χ0n) is 10.3. The number of nitrogens with zero attached hydrogens (tertiary/aromatic N) is 1. The maximum Gasteiger partial charge on any atom is 0.253 e. The molecule has 4 N–H and O–H groups in total. The summed E-state index contributed by atoms with van der Waals surface area (Å²) in [5.74, 6) is -0.683. The van der Waals surface area contributed by atoms with Crippen LogP contribution in [0.5, 0.6) is 0 Å². The molecular formula is C13H15N3O2S. The summed E-state index contributed by atoms with van der Waals surface area (Å²) in [6, 6.07) is 6.82. The van der Waals surface area contributed by atoms with Crippen molar-refractivity contribution >= 4 is 29.0 Å². The lowest BCUT2D eigenvalue weighted by atomic mass is 10.1. The number of hydrogen-bond acceptors (Lipinski definition) is 3. The Hall–Kier alpha value is -1.95. The van der Waals surface area contributed by atoms with Crippen molar-refractivity contribution in [3.8, 4) is 0 Å². The van der Waals surface area contributed by atoms with E-state index >= 15 is 0 Å². The molecule has 1 aliphatic heterocycles. The molecule has 1 heterocycles. The molecule has 1 fully saturated rings. The Morgan fingerprint density at radius 2 is 1.74 bits per heavy atom. The molecule has 0 bridgehead atoms. The van der Waals surface area contributed by atoms with Crippen molar-refractivity contribution in [3.63, 3.8) is 0 Å². The summed E-state index contributed by atoms with van der Waals surface area (Å²) in [6.45, 7) is 0.953. The van der Waals surface area contributed by atoms with Crippen LogP contribution in [0.25, 0.3) is 0 Å². The lowest BCUT2D eigenvalue weighted by molar-refractivity contribution is -0.121. The molecule has 0 aromatic heterocycles. The minimum atomic E-state index is -0.348. The van der Waals surface area contributed by atoms with Gasteiger partial charge in [0.1, 0.15) is 4.99 Å². The van der Waals surface area contributed by atoms with Crippen LogP contribution >= 0.6 is 12.2 Å². The van der Waals surface area contributed by atoms with E-state index in [1.54, 1.807) is 29.2 Å². The molecule has 0 radical (unpaired) electrons. The normalized spacial score (nSPS) is 18.3. The summed E-state index contributed by atoms with van der Waals surface area (Å²) in [6.07, 6.45) is 0.631. The smallest absolute Gasteiger partial charge is 0.253 e. The van der Waals surface area contributed by atoms with Gasteiger partial charge in [-0.1, -0.05) is 24.4 Å². The van der Waals surface area contributed by atoms with Crippen LogP contribution in [0, 0.1) is 5.92 Å². The summed E-state index contributed by atoms with van der Waals surface area (Å²) in [4.78, 5) is 25.2. The second kappa shape index (κ2) is 5.36. The zero-order chi connectivity index (χ0) is 14.0. The lowest BCUT2D eigenvalue weighted by Gasteiger charge is -2.16. The first kappa shape index (κ1) is 13.5. The lowest BCUT2D eigenvalue weighted by Crippen LogP contribution is -2.31. The van der Waals surface area contributed by atoms with Crippen molar-refractivity contribution in [1.82, 2.24) is 4.90 Å². The van der Waals surface area contributed by atoms with Gasteiger partial charge >= 0.3 is 0 Å². The summed E-state index contributed by atoms with van der Waals surface area (Å²) in [5, 5.41) is 0. The fourth-order valence-electron chi connectivity index (χ4n) is 2.14. The molecule has 1 unspecified atom stereocenters. The van der Waals surface area contributed by atoms with Gasteiger partial charge in [-0.3, -0.25) is 9.59 Å². The monoisotopic (exact) mass is 277 g/mol. The van der Waals surface area contributed by atoms with Crippen LogP contribution in [0.15, 0.2) is 24.3 Å². The standard InChI is InChI=1S/C13H15N3O2S/c14-11(17)10-5-6-16(7-10)13(18)9-3-1-8(2-4-9)12(15)19/h1-4,10H,5-7H2,(H2,14,17)(H2,15,19). The van der Waals surface area contributed by atoms with Gasteiger partial charge in [0.2, 0.25) is 5.91 Å². The molecule has 2 amide bonds. The quantitative estimate of drug-likeness (QED) is 0.776. The Labute approximate surface area is 116 Å². The number of nitrogens with two attached hydrogens (primary N) is 2. The molecule has 2 rings (SSSR count). The highest BCUT2D eigenvalue weighted by molar-refractivity contribution is 7.80. The van der Waals surface area contributed by atoms with Crippen molar-refractivity contribution in [3.05, 3.63) is 35.4 Å². The van der Waals surface area contributed by atoms with E-state index in [9.17, 15) is 9.59 Å². The second-order valence-electron chi connectivity index (χ2n) is 4.58. The maximum atomic E-state index is 12.2. The first-order chi connectivity index (χ1) is 8.99. The highest BCUT2D eigenvalue weighted by Crippen LogP contribution is 2.18. The third-order valence-corrected chi connectivity index (χ3v) is 3.53. The van der Waals surface area contributed by atoms with Crippen LogP contribution < -0.4 is 11.5 Å². The van der Waals surface area contributed by atoms with Gasteiger partial charge in [-0.2, -0.15) is 0 Å². The predicted octanol–water partition coefficient (Wildman–Crippen LogP) is 0.268. The van der Waals surface area contributed by atoms with E-state index in [0.717, 1.165) is 5.56 Å². The van der Waals surface area contributed by atoms with E-state index < -0.39 is 0 Å². The Morgan fingerprint density at radius 1 is 1.16 bits per heavy atom. The minimum absolute atomic E-state index is 0.0989. The topological polar surface area (TPSA) is 89.4 Å². The van der Waals surface area contributed by atoms with Crippen LogP contribution in [0.3, 0.4) is 0 Å². The molecule has 1 saturated heterocycles. The molecule has 5 nitrogen and oxygen atoms in total. The van der Waals surface area contributed by atoms with Gasteiger partial charge in [-0.25, -0.2) is 0 Å². The highest BCUT2D eigenvalue weighted by Gasteiger charge is 2.30. The number of benzene rings is 1. The van der Waals surface area contributed by atoms with Crippen molar-refractivity contribution in [2.75, 3.05) is 13.1 Å². The summed E-state index contributed by atoms with van der Waals surface area (Å²) in [7, 11) is 0. The molecule has 100 valence electrons. The SMILES string of the molecule is NC(=O)C1CCN(C(=O)c2ccc(C(N)=S)cc2)C1. The highest BCUT2D eigenvalue weighted by atomic mass is 32.1. The molecule has 1 aromatic rings.